The average molecular weight is 230 g/mol. The SMILES string of the molecule is CCCN(CCNCC)C(=O)OC(C)(C)C. The summed E-state index contributed by atoms with van der Waals surface area (Å²) in [5.41, 5.74) is -0.415. The molecule has 0 aliphatic heterocycles. The maximum Gasteiger partial charge on any atom is 0.410 e. The lowest BCUT2D eigenvalue weighted by atomic mass is 10.2. The zero-order valence-electron chi connectivity index (χ0n) is 11.3. The van der Waals surface area contributed by atoms with Crippen molar-refractivity contribution in [1.82, 2.24) is 10.2 Å². The second-order valence-corrected chi connectivity index (χ2v) is 4.82. The van der Waals surface area contributed by atoms with Gasteiger partial charge in [-0.15, -0.1) is 0 Å². The van der Waals surface area contributed by atoms with Crippen LogP contribution in [0.5, 0.6) is 0 Å². The predicted octanol–water partition coefficient (Wildman–Crippen LogP) is 2.24. The summed E-state index contributed by atoms with van der Waals surface area (Å²) in [5, 5.41) is 3.21. The molecule has 4 heteroatoms. The highest BCUT2D eigenvalue weighted by Gasteiger charge is 2.20. The Morgan fingerprint density at radius 3 is 2.31 bits per heavy atom. The van der Waals surface area contributed by atoms with Gasteiger partial charge in [-0.2, -0.15) is 0 Å². The molecule has 0 radical (unpaired) electrons. The van der Waals surface area contributed by atoms with Crippen molar-refractivity contribution in [3.8, 4) is 0 Å². The topological polar surface area (TPSA) is 41.6 Å². The van der Waals surface area contributed by atoms with Crippen molar-refractivity contribution < 1.29 is 9.53 Å². The smallest absolute Gasteiger partial charge is 0.410 e. The standard InChI is InChI=1S/C12H26N2O2/c1-6-9-14(10-8-13-7-2)11(15)16-12(3,4)5/h13H,6-10H2,1-5H3. The lowest BCUT2D eigenvalue weighted by molar-refractivity contribution is 0.0252. The van der Waals surface area contributed by atoms with Gasteiger partial charge < -0.3 is 15.0 Å². The lowest BCUT2D eigenvalue weighted by Gasteiger charge is -2.27. The summed E-state index contributed by atoms with van der Waals surface area (Å²) in [5.74, 6) is 0. The molecule has 96 valence electrons. The van der Waals surface area contributed by atoms with Crippen LogP contribution in [0.2, 0.25) is 0 Å². The molecule has 0 aromatic carbocycles. The van der Waals surface area contributed by atoms with Gasteiger partial charge in [-0.25, -0.2) is 4.79 Å². The number of rotatable bonds is 6. The highest BCUT2D eigenvalue weighted by Crippen LogP contribution is 2.09. The van der Waals surface area contributed by atoms with Crippen molar-refractivity contribution in [3.63, 3.8) is 0 Å². The Morgan fingerprint density at radius 1 is 1.25 bits per heavy atom. The maximum atomic E-state index is 11.8. The molecule has 0 aromatic heterocycles. The number of carbonyl (C=O) groups is 1. The van der Waals surface area contributed by atoms with Crippen LogP contribution in [0.1, 0.15) is 41.0 Å². The highest BCUT2D eigenvalue weighted by molar-refractivity contribution is 5.68. The van der Waals surface area contributed by atoms with Gasteiger partial charge in [0.25, 0.3) is 0 Å². The quantitative estimate of drug-likeness (QED) is 0.712. The van der Waals surface area contributed by atoms with E-state index in [1.807, 2.05) is 20.8 Å². The van der Waals surface area contributed by atoms with Crippen LogP contribution < -0.4 is 5.32 Å². The number of hydrogen-bond donors (Lipinski definition) is 1. The van der Waals surface area contributed by atoms with Crippen molar-refractivity contribution in [1.29, 1.82) is 0 Å². The molecule has 0 atom stereocenters. The van der Waals surface area contributed by atoms with Gasteiger partial charge in [0, 0.05) is 19.6 Å². The molecule has 0 saturated carbocycles. The summed E-state index contributed by atoms with van der Waals surface area (Å²) < 4.78 is 5.34. The summed E-state index contributed by atoms with van der Waals surface area (Å²) in [6.07, 6.45) is 0.734. The summed E-state index contributed by atoms with van der Waals surface area (Å²) in [7, 11) is 0. The van der Waals surface area contributed by atoms with Gasteiger partial charge in [0.15, 0.2) is 0 Å². The second-order valence-electron chi connectivity index (χ2n) is 4.82. The summed E-state index contributed by atoms with van der Waals surface area (Å²) in [6, 6.07) is 0. The first kappa shape index (κ1) is 15.2. The minimum absolute atomic E-state index is 0.216. The molecule has 0 aliphatic carbocycles. The maximum absolute atomic E-state index is 11.8. The molecule has 4 nitrogen and oxygen atoms in total. The zero-order chi connectivity index (χ0) is 12.6. The highest BCUT2D eigenvalue weighted by atomic mass is 16.6. The summed E-state index contributed by atoms with van der Waals surface area (Å²) in [6.45, 7) is 13.0. The monoisotopic (exact) mass is 230 g/mol. The first-order valence-electron chi connectivity index (χ1n) is 6.09. The summed E-state index contributed by atoms with van der Waals surface area (Å²) >= 11 is 0. The van der Waals surface area contributed by atoms with E-state index in [2.05, 4.69) is 19.2 Å². The Kier molecular flexibility index (Phi) is 7.13. The molecule has 0 saturated heterocycles. The van der Waals surface area contributed by atoms with Crippen molar-refractivity contribution in [2.24, 2.45) is 0 Å². The van der Waals surface area contributed by atoms with Crippen LogP contribution in [0.25, 0.3) is 0 Å². The van der Waals surface area contributed by atoms with Gasteiger partial charge in [-0.3, -0.25) is 0 Å². The lowest BCUT2D eigenvalue weighted by Crippen LogP contribution is -2.40. The molecule has 0 rings (SSSR count). The third-order valence-electron chi connectivity index (χ3n) is 1.95. The van der Waals surface area contributed by atoms with Crippen LogP contribution in [0, 0.1) is 0 Å². The fourth-order valence-electron chi connectivity index (χ4n) is 1.28. The van der Waals surface area contributed by atoms with Crippen molar-refractivity contribution in [3.05, 3.63) is 0 Å². The van der Waals surface area contributed by atoms with E-state index < -0.39 is 5.60 Å². The fourth-order valence-corrected chi connectivity index (χ4v) is 1.28. The number of hydrogen-bond acceptors (Lipinski definition) is 3. The Morgan fingerprint density at radius 2 is 1.88 bits per heavy atom. The van der Waals surface area contributed by atoms with Gasteiger partial charge >= 0.3 is 6.09 Å². The van der Waals surface area contributed by atoms with E-state index in [0.717, 1.165) is 26.1 Å². The number of amides is 1. The molecule has 1 N–H and O–H groups in total. The molecule has 0 fully saturated rings. The second kappa shape index (κ2) is 7.49. The average Bonchev–Trinajstić information content (AvgIpc) is 2.14. The largest absolute Gasteiger partial charge is 0.444 e. The minimum Gasteiger partial charge on any atom is -0.444 e. The van der Waals surface area contributed by atoms with E-state index >= 15 is 0 Å². The minimum atomic E-state index is -0.415. The Bertz CT molecular complexity index is 200. The van der Waals surface area contributed by atoms with E-state index in [1.54, 1.807) is 4.90 Å². The van der Waals surface area contributed by atoms with Crippen LogP contribution in [-0.2, 0) is 4.74 Å². The van der Waals surface area contributed by atoms with E-state index in [-0.39, 0.29) is 6.09 Å². The number of ether oxygens (including phenoxy) is 1. The van der Waals surface area contributed by atoms with Crippen LogP contribution in [0.4, 0.5) is 4.79 Å². The first-order valence-corrected chi connectivity index (χ1v) is 6.09. The molecule has 0 unspecified atom stereocenters. The molecule has 0 bridgehead atoms. The normalized spacial score (nSPS) is 11.3. The van der Waals surface area contributed by atoms with Crippen molar-refractivity contribution in [2.75, 3.05) is 26.2 Å². The molecular weight excluding hydrogens is 204 g/mol. The number of carbonyl (C=O) groups excluding carboxylic acids is 1. The Balaban J connectivity index is 4.12. The molecule has 16 heavy (non-hydrogen) atoms. The predicted molar refractivity (Wildman–Crippen MR) is 66.6 cm³/mol. The van der Waals surface area contributed by atoms with Gasteiger partial charge in [0.2, 0.25) is 0 Å². The molecule has 0 heterocycles. The van der Waals surface area contributed by atoms with Gasteiger partial charge in [-0.1, -0.05) is 13.8 Å². The van der Waals surface area contributed by atoms with E-state index in [1.165, 1.54) is 0 Å². The first-order chi connectivity index (χ1) is 7.40. The van der Waals surface area contributed by atoms with Gasteiger partial charge in [0.05, 0.1) is 0 Å². The number of nitrogens with zero attached hydrogens (tertiary/aromatic N) is 1. The van der Waals surface area contributed by atoms with Crippen LogP contribution in [-0.4, -0.2) is 42.8 Å². The van der Waals surface area contributed by atoms with E-state index in [0.29, 0.717) is 6.54 Å². The van der Waals surface area contributed by atoms with Gasteiger partial charge in [0.1, 0.15) is 5.60 Å². The third kappa shape index (κ3) is 7.51. The van der Waals surface area contributed by atoms with E-state index in [9.17, 15) is 4.79 Å². The van der Waals surface area contributed by atoms with Crippen LogP contribution in [0.3, 0.4) is 0 Å². The third-order valence-corrected chi connectivity index (χ3v) is 1.95. The molecule has 0 spiro atoms. The molecule has 0 aromatic rings. The van der Waals surface area contributed by atoms with Gasteiger partial charge in [-0.05, 0) is 33.7 Å². The van der Waals surface area contributed by atoms with Crippen molar-refractivity contribution in [2.45, 2.75) is 46.6 Å². The molecular formula is C12H26N2O2. The number of nitrogens with one attached hydrogen (secondary N) is 1. The molecule has 0 aliphatic rings. The molecule has 1 amide bonds. The summed E-state index contributed by atoms with van der Waals surface area (Å²) in [4.78, 5) is 13.6. The van der Waals surface area contributed by atoms with Crippen LogP contribution in [0.15, 0.2) is 0 Å². The number of likely N-dealkylation sites (N-methyl/N-ethyl adjacent to an activating group) is 1. The Labute approximate surface area is 99.3 Å². The van der Waals surface area contributed by atoms with Crippen molar-refractivity contribution >= 4 is 6.09 Å². The van der Waals surface area contributed by atoms with E-state index in [4.69, 9.17) is 4.74 Å². The van der Waals surface area contributed by atoms with Crippen LogP contribution >= 0.6 is 0 Å². The Hall–Kier alpha value is -0.770. The fraction of sp³-hybridized carbons (Fsp3) is 0.917. The zero-order valence-corrected chi connectivity index (χ0v) is 11.3.